The molecule has 0 aliphatic carbocycles. The van der Waals surface area contributed by atoms with Crippen LogP contribution in [0, 0.1) is 11.3 Å². The number of hydrogen-bond donors (Lipinski definition) is 1. The minimum absolute atomic E-state index is 0.633. The number of nitrogens with zero attached hydrogens (tertiary/aromatic N) is 1. The molecular weight excluding hydrogens is 368 g/mol. The largest absolute Gasteiger partial charge is 0.354 e. The average Bonchev–Trinajstić information content (AvgIpc) is 2.41. The third-order valence-electron chi connectivity index (χ3n) is 2.82. The Morgan fingerprint density at radius 3 is 2.42 bits per heavy atom. The van der Waals surface area contributed by atoms with E-state index in [1.165, 1.54) is 5.56 Å². The van der Waals surface area contributed by atoms with E-state index in [2.05, 4.69) is 56.2 Å². The predicted molar refractivity (Wildman–Crippen MR) is 85.7 cm³/mol. The van der Waals surface area contributed by atoms with Crippen LogP contribution in [0.3, 0.4) is 0 Å². The van der Waals surface area contributed by atoms with Gasteiger partial charge < -0.3 is 5.32 Å². The number of nitriles is 1. The number of nitrogens with one attached hydrogen (secondary N) is 1. The van der Waals surface area contributed by atoms with Crippen molar-refractivity contribution in [1.29, 1.82) is 5.26 Å². The maximum Gasteiger partial charge on any atom is 0.101 e. The van der Waals surface area contributed by atoms with Crippen LogP contribution >= 0.6 is 31.9 Å². The van der Waals surface area contributed by atoms with Gasteiger partial charge in [0.05, 0.1) is 11.3 Å². The van der Waals surface area contributed by atoms with Gasteiger partial charge in [0.25, 0.3) is 0 Å². The van der Waals surface area contributed by atoms with E-state index in [0.717, 1.165) is 26.7 Å². The molecule has 0 bridgehead atoms. The van der Waals surface area contributed by atoms with Crippen molar-refractivity contribution in [3.05, 3.63) is 56.5 Å². The monoisotopic (exact) mass is 378 g/mol. The first-order valence-electron chi connectivity index (χ1n) is 5.89. The second-order valence-electron chi connectivity index (χ2n) is 4.08. The summed E-state index contributed by atoms with van der Waals surface area (Å²) in [5.41, 5.74) is 3.68. The molecule has 0 aliphatic rings. The molecule has 2 rings (SSSR count). The summed E-state index contributed by atoms with van der Waals surface area (Å²) in [6.45, 7) is 2.11. The lowest BCUT2D eigenvalue weighted by Crippen LogP contribution is -1.97. The molecule has 0 saturated heterocycles. The van der Waals surface area contributed by atoms with Gasteiger partial charge in [-0.05, 0) is 48.4 Å². The van der Waals surface area contributed by atoms with Gasteiger partial charge in [0.15, 0.2) is 0 Å². The van der Waals surface area contributed by atoms with Gasteiger partial charge in [0, 0.05) is 14.6 Å². The van der Waals surface area contributed by atoms with E-state index in [1.54, 1.807) is 6.07 Å². The predicted octanol–water partition coefficient (Wildman–Crippen LogP) is 5.39. The van der Waals surface area contributed by atoms with E-state index in [4.69, 9.17) is 5.26 Å². The molecular formula is C15H12Br2N2. The molecule has 0 amide bonds. The molecule has 0 aromatic heterocycles. The first kappa shape index (κ1) is 14.1. The molecule has 4 heteroatoms. The molecule has 0 saturated carbocycles. The van der Waals surface area contributed by atoms with Crippen molar-refractivity contribution in [1.82, 2.24) is 0 Å². The van der Waals surface area contributed by atoms with Crippen molar-refractivity contribution in [2.24, 2.45) is 0 Å². The van der Waals surface area contributed by atoms with Gasteiger partial charge in [0.1, 0.15) is 6.07 Å². The van der Waals surface area contributed by atoms with Gasteiger partial charge >= 0.3 is 0 Å². The van der Waals surface area contributed by atoms with E-state index >= 15 is 0 Å². The summed E-state index contributed by atoms with van der Waals surface area (Å²) < 4.78 is 2.01. The SMILES string of the molecule is CCc1cc(Br)ccc1Nc1cc(Br)ccc1C#N. The number of aryl methyl sites for hydroxylation is 1. The minimum Gasteiger partial charge on any atom is -0.354 e. The van der Waals surface area contributed by atoms with E-state index < -0.39 is 0 Å². The normalized spacial score (nSPS) is 10.0. The van der Waals surface area contributed by atoms with E-state index in [0.29, 0.717) is 5.56 Å². The van der Waals surface area contributed by atoms with Crippen molar-refractivity contribution in [2.75, 3.05) is 5.32 Å². The third-order valence-corrected chi connectivity index (χ3v) is 3.81. The second kappa shape index (κ2) is 6.23. The second-order valence-corrected chi connectivity index (χ2v) is 5.91. The van der Waals surface area contributed by atoms with Crippen molar-refractivity contribution in [3.8, 4) is 6.07 Å². The fourth-order valence-electron chi connectivity index (χ4n) is 1.84. The zero-order chi connectivity index (χ0) is 13.8. The van der Waals surface area contributed by atoms with Crippen LogP contribution in [0.4, 0.5) is 11.4 Å². The molecule has 0 atom stereocenters. The van der Waals surface area contributed by atoms with E-state index in [-0.39, 0.29) is 0 Å². The van der Waals surface area contributed by atoms with Crippen LogP contribution in [0.2, 0.25) is 0 Å². The van der Waals surface area contributed by atoms with E-state index in [9.17, 15) is 0 Å². The highest BCUT2D eigenvalue weighted by Gasteiger charge is 2.06. The Labute approximate surface area is 129 Å². The van der Waals surface area contributed by atoms with Gasteiger partial charge in [-0.25, -0.2) is 0 Å². The standard InChI is InChI=1S/C15H12Br2N2/c1-2-10-7-12(16)5-6-14(10)19-15-8-13(17)4-3-11(15)9-18/h3-8,19H,2H2,1H3. The molecule has 2 nitrogen and oxygen atoms in total. The van der Waals surface area contributed by atoms with Gasteiger partial charge in [-0.15, -0.1) is 0 Å². The van der Waals surface area contributed by atoms with Gasteiger partial charge in [-0.2, -0.15) is 5.26 Å². The van der Waals surface area contributed by atoms with Crippen LogP contribution in [0.15, 0.2) is 45.3 Å². The van der Waals surface area contributed by atoms with Crippen molar-refractivity contribution >= 4 is 43.2 Å². The third kappa shape index (κ3) is 3.37. The number of halogens is 2. The molecule has 19 heavy (non-hydrogen) atoms. The molecule has 2 aromatic rings. The first-order chi connectivity index (χ1) is 9.13. The zero-order valence-corrected chi connectivity index (χ0v) is 13.5. The Morgan fingerprint density at radius 2 is 1.74 bits per heavy atom. The Kier molecular flexibility index (Phi) is 4.62. The van der Waals surface area contributed by atoms with Crippen LogP contribution in [-0.4, -0.2) is 0 Å². The highest BCUT2D eigenvalue weighted by Crippen LogP contribution is 2.28. The quantitative estimate of drug-likeness (QED) is 0.775. The highest BCUT2D eigenvalue weighted by atomic mass is 79.9. The summed E-state index contributed by atoms with van der Waals surface area (Å²) in [7, 11) is 0. The number of benzene rings is 2. The fraction of sp³-hybridized carbons (Fsp3) is 0.133. The van der Waals surface area contributed by atoms with Crippen LogP contribution in [0.5, 0.6) is 0 Å². The lowest BCUT2D eigenvalue weighted by molar-refractivity contribution is 1.14. The summed E-state index contributed by atoms with van der Waals surface area (Å²) in [4.78, 5) is 0. The Morgan fingerprint density at radius 1 is 1.05 bits per heavy atom. The van der Waals surface area contributed by atoms with E-state index in [1.807, 2.05) is 24.3 Å². The highest BCUT2D eigenvalue weighted by molar-refractivity contribution is 9.10. The van der Waals surface area contributed by atoms with Gasteiger partial charge in [-0.3, -0.25) is 0 Å². The van der Waals surface area contributed by atoms with Crippen LogP contribution < -0.4 is 5.32 Å². The van der Waals surface area contributed by atoms with Crippen molar-refractivity contribution < 1.29 is 0 Å². The summed E-state index contributed by atoms with van der Waals surface area (Å²) in [5.74, 6) is 0. The summed E-state index contributed by atoms with van der Waals surface area (Å²) >= 11 is 6.90. The molecule has 0 aliphatic heterocycles. The number of rotatable bonds is 3. The molecule has 0 fully saturated rings. The maximum absolute atomic E-state index is 9.15. The molecule has 1 N–H and O–H groups in total. The number of hydrogen-bond acceptors (Lipinski definition) is 2. The van der Waals surface area contributed by atoms with Gasteiger partial charge in [-0.1, -0.05) is 38.8 Å². The molecule has 96 valence electrons. The summed E-state index contributed by atoms with van der Waals surface area (Å²) in [5, 5.41) is 12.5. The average molecular weight is 380 g/mol. The Bertz CT molecular complexity index is 645. The lowest BCUT2D eigenvalue weighted by Gasteiger charge is -2.13. The molecule has 0 radical (unpaired) electrons. The maximum atomic E-state index is 9.15. The Hall–Kier alpha value is -1.31. The van der Waals surface area contributed by atoms with Crippen LogP contribution in [0.25, 0.3) is 0 Å². The smallest absolute Gasteiger partial charge is 0.101 e. The van der Waals surface area contributed by atoms with Crippen LogP contribution in [-0.2, 0) is 6.42 Å². The molecule has 0 spiro atoms. The summed E-state index contributed by atoms with van der Waals surface area (Å²) in [6.07, 6.45) is 0.928. The van der Waals surface area contributed by atoms with Crippen LogP contribution in [0.1, 0.15) is 18.1 Å². The molecule has 0 unspecified atom stereocenters. The minimum atomic E-state index is 0.633. The topological polar surface area (TPSA) is 35.8 Å². The first-order valence-corrected chi connectivity index (χ1v) is 7.47. The molecule has 2 aromatic carbocycles. The fourth-order valence-corrected chi connectivity index (χ4v) is 2.61. The Balaban J connectivity index is 2.41. The zero-order valence-electron chi connectivity index (χ0n) is 10.4. The lowest BCUT2D eigenvalue weighted by atomic mass is 10.1. The van der Waals surface area contributed by atoms with Crippen molar-refractivity contribution in [2.45, 2.75) is 13.3 Å². The molecule has 0 heterocycles. The van der Waals surface area contributed by atoms with Crippen molar-refractivity contribution in [3.63, 3.8) is 0 Å². The number of anilines is 2. The summed E-state index contributed by atoms with van der Waals surface area (Å²) in [6, 6.07) is 13.9. The van der Waals surface area contributed by atoms with Gasteiger partial charge in [0.2, 0.25) is 0 Å².